The van der Waals surface area contributed by atoms with E-state index in [4.69, 9.17) is 4.74 Å². The summed E-state index contributed by atoms with van der Waals surface area (Å²) in [6, 6.07) is 12.6. The molecule has 0 saturated carbocycles. The highest BCUT2D eigenvalue weighted by atomic mass is 32.1. The second-order valence-electron chi connectivity index (χ2n) is 6.90. The Morgan fingerprint density at radius 3 is 2.68 bits per heavy atom. The molecule has 0 atom stereocenters. The molecular weight excluding hydrogens is 332 g/mol. The summed E-state index contributed by atoms with van der Waals surface area (Å²) in [6.45, 7) is 4.14. The number of hydrogen-bond donors (Lipinski definition) is 0. The van der Waals surface area contributed by atoms with Crippen molar-refractivity contribution < 1.29 is 9.53 Å². The topological polar surface area (TPSA) is 32.8 Å². The van der Waals surface area contributed by atoms with Gasteiger partial charge in [-0.2, -0.15) is 0 Å². The Morgan fingerprint density at radius 2 is 1.96 bits per heavy atom. The minimum atomic E-state index is -0.337. The molecule has 1 amide bonds. The number of rotatable bonds is 5. The van der Waals surface area contributed by atoms with Gasteiger partial charge in [-0.05, 0) is 49.0 Å². The second-order valence-corrected chi connectivity index (χ2v) is 7.94. The first-order valence-corrected chi connectivity index (χ1v) is 9.78. The Hall–Kier alpha value is -1.69. The van der Waals surface area contributed by atoms with Crippen LogP contribution in [0.2, 0.25) is 0 Å². The maximum Gasteiger partial charge on any atom is 0.237 e. The smallest absolute Gasteiger partial charge is 0.237 e. The fourth-order valence-corrected chi connectivity index (χ4v) is 4.95. The first-order valence-electron chi connectivity index (χ1n) is 8.90. The van der Waals surface area contributed by atoms with Crippen molar-refractivity contribution in [2.45, 2.75) is 24.8 Å². The number of anilines is 1. The number of carbonyl (C=O) groups is 1. The number of nitrogens with zero attached hydrogens (tertiary/aromatic N) is 2. The van der Waals surface area contributed by atoms with Crippen molar-refractivity contribution >= 4 is 22.9 Å². The van der Waals surface area contributed by atoms with Crippen molar-refractivity contribution in [1.82, 2.24) is 4.90 Å². The van der Waals surface area contributed by atoms with Crippen LogP contribution in [0.25, 0.3) is 0 Å². The van der Waals surface area contributed by atoms with Crippen LogP contribution < -0.4 is 4.90 Å². The number of benzene rings is 1. The lowest BCUT2D eigenvalue weighted by molar-refractivity contribution is -0.125. The van der Waals surface area contributed by atoms with E-state index in [0.29, 0.717) is 13.2 Å². The Labute approximate surface area is 153 Å². The Bertz CT molecular complexity index is 736. The molecule has 0 radical (unpaired) electrons. The number of para-hydroxylation sites is 1. The molecule has 0 unspecified atom stereocenters. The van der Waals surface area contributed by atoms with Crippen molar-refractivity contribution in [2.75, 3.05) is 38.3 Å². The third-order valence-corrected chi connectivity index (χ3v) is 6.41. The van der Waals surface area contributed by atoms with E-state index in [0.717, 1.165) is 38.2 Å². The van der Waals surface area contributed by atoms with Gasteiger partial charge in [0.05, 0.1) is 12.0 Å². The molecule has 132 valence electrons. The number of hydrogen-bond acceptors (Lipinski definition) is 4. The predicted molar refractivity (Wildman–Crippen MR) is 101 cm³/mol. The van der Waals surface area contributed by atoms with E-state index in [9.17, 15) is 4.79 Å². The number of likely N-dealkylation sites (tertiary alicyclic amines) is 1. The summed E-state index contributed by atoms with van der Waals surface area (Å²) in [5.74, 6) is 0.265. The molecule has 1 spiro atoms. The molecule has 1 saturated heterocycles. The average molecular weight is 356 g/mol. The lowest BCUT2D eigenvalue weighted by Crippen LogP contribution is -2.48. The molecule has 4 nitrogen and oxygen atoms in total. The first kappa shape index (κ1) is 16.8. The highest BCUT2D eigenvalue weighted by Crippen LogP contribution is 2.47. The number of carbonyl (C=O) groups excluding carboxylic acids is 1. The van der Waals surface area contributed by atoms with E-state index in [1.54, 1.807) is 7.11 Å². The van der Waals surface area contributed by atoms with Gasteiger partial charge in [0.1, 0.15) is 0 Å². The average Bonchev–Trinajstić information content (AvgIpc) is 3.23. The highest BCUT2D eigenvalue weighted by molar-refractivity contribution is 7.09. The van der Waals surface area contributed by atoms with E-state index in [1.165, 1.54) is 10.4 Å². The quantitative estimate of drug-likeness (QED) is 0.824. The zero-order valence-electron chi connectivity index (χ0n) is 14.6. The van der Waals surface area contributed by atoms with Gasteiger partial charge in [0, 0.05) is 30.8 Å². The molecule has 5 heteroatoms. The molecule has 2 aliphatic heterocycles. The van der Waals surface area contributed by atoms with Crippen LogP contribution in [-0.2, 0) is 21.5 Å². The number of methoxy groups -OCH3 is 1. The third kappa shape index (κ3) is 2.90. The lowest BCUT2D eigenvalue weighted by Gasteiger charge is -2.38. The first-order chi connectivity index (χ1) is 12.2. The molecule has 0 bridgehead atoms. The lowest BCUT2D eigenvalue weighted by atomic mass is 9.73. The van der Waals surface area contributed by atoms with Gasteiger partial charge in [0.25, 0.3) is 0 Å². The number of thiophene rings is 1. The van der Waals surface area contributed by atoms with Gasteiger partial charge < -0.3 is 9.64 Å². The number of ether oxygens (including phenoxy) is 1. The van der Waals surface area contributed by atoms with Crippen molar-refractivity contribution in [2.24, 2.45) is 0 Å². The van der Waals surface area contributed by atoms with Crippen LogP contribution in [0.5, 0.6) is 0 Å². The summed E-state index contributed by atoms with van der Waals surface area (Å²) in [6.07, 6.45) is 1.80. The molecule has 0 N–H and O–H groups in total. The van der Waals surface area contributed by atoms with Crippen LogP contribution in [0.4, 0.5) is 5.69 Å². The fraction of sp³-hybridized carbons (Fsp3) is 0.450. The van der Waals surface area contributed by atoms with Gasteiger partial charge >= 0.3 is 0 Å². The molecule has 2 aliphatic rings. The standard InChI is InChI=1S/C20H24N2O2S/c1-24-13-12-22-18-7-3-2-6-17(18)20(19(22)23)8-10-21(11-9-20)15-16-5-4-14-25-16/h2-7,14H,8-13,15H2,1H3. The van der Waals surface area contributed by atoms with Crippen LogP contribution in [0, 0.1) is 0 Å². The molecule has 1 fully saturated rings. The maximum atomic E-state index is 13.3. The molecule has 1 aromatic carbocycles. The molecule has 25 heavy (non-hydrogen) atoms. The predicted octanol–water partition coefficient (Wildman–Crippen LogP) is 3.27. The monoisotopic (exact) mass is 356 g/mol. The Balaban J connectivity index is 1.54. The van der Waals surface area contributed by atoms with E-state index in [2.05, 4.69) is 40.6 Å². The Morgan fingerprint density at radius 1 is 1.16 bits per heavy atom. The summed E-state index contributed by atoms with van der Waals surface area (Å²) >= 11 is 1.81. The summed E-state index contributed by atoms with van der Waals surface area (Å²) in [4.78, 5) is 19.1. The zero-order valence-corrected chi connectivity index (χ0v) is 15.4. The van der Waals surface area contributed by atoms with Crippen LogP contribution in [-0.4, -0.2) is 44.2 Å². The van der Waals surface area contributed by atoms with Crippen LogP contribution in [0.1, 0.15) is 23.3 Å². The fourth-order valence-electron chi connectivity index (χ4n) is 4.20. The minimum Gasteiger partial charge on any atom is -0.383 e. The molecule has 2 aromatic rings. The van der Waals surface area contributed by atoms with Crippen LogP contribution in [0.3, 0.4) is 0 Å². The second kappa shape index (κ2) is 6.90. The maximum absolute atomic E-state index is 13.3. The van der Waals surface area contributed by atoms with Gasteiger partial charge in [0.2, 0.25) is 5.91 Å². The number of piperidine rings is 1. The molecule has 4 rings (SSSR count). The van der Waals surface area contributed by atoms with Gasteiger partial charge in [-0.3, -0.25) is 9.69 Å². The Kier molecular flexibility index (Phi) is 4.63. The summed E-state index contributed by atoms with van der Waals surface area (Å²) in [7, 11) is 1.69. The van der Waals surface area contributed by atoms with E-state index in [1.807, 2.05) is 22.3 Å². The molecule has 3 heterocycles. The van der Waals surface area contributed by atoms with Gasteiger partial charge in [0.15, 0.2) is 0 Å². The zero-order chi connectivity index (χ0) is 17.3. The summed E-state index contributed by atoms with van der Waals surface area (Å²) in [5.41, 5.74) is 1.96. The van der Waals surface area contributed by atoms with Crippen molar-refractivity contribution in [1.29, 1.82) is 0 Å². The van der Waals surface area contributed by atoms with E-state index >= 15 is 0 Å². The molecule has 1 aromatic heterocycles. The summed E-state index contributed by atoms with van der Waals surface area (Å²) in [5, 5.41) is 2.13. The molecule has 0 aliphatic carbocycles. The number of fused-ring (bicyclic) bond motifs is 2. The van der Waals surface area contributed by atoms with Gasteiger partial charge in [-0.1, -0.05) is 24.3 Å². The normalized spacial score (nSPS) is 19.6. The highest BCUT2D eigenvalue weighted by Gasteiger charge is 2.51. The minimum absolute atomic E-state index is 0.265. The van der Waals surface area contributed by atoms with Crippen molar-refractivity contribution in [3.63, 3.8) is 0 Å². The third-order valence-electron chi connectivity index (χ3n) is 5.55. The van der Waals surface area contributed by atoms with Gasteiger partial charge in [-0.15, -0.1) is 11.3 Å². The largest absolute Gasteiger partial charge is 0.383 e. The summed E-state index contributed by atoms with van der Waals surface area (Å²) < 4.78 is 5.22. The van der Waals surface area contributed by atoms with Crippen LogP contribution in [0.15, 0.2) is 41.8 Å². The van der Waals surface area contributed by atoms with Crippen LogP contribution >= 0.6 is 11.3 Å². The van der Waals surface area contributed by atoms with E-state index in [-0.39, 0.29) is 11.3 Å². The SMILES string of the molecule is COCCN1C(=O)C2(CCN(Cc3cccs3)CC2)c2ccccc21. The van der Waals surface area contributed by atoms with Gasteiger partial charge in [-0.25, -0.2) is 0 Å². The van der Waals surface area contributed by atoms with Crippen molar-refractivity contribution in [3.05, 3.63) is 52.2 Å². The number of amides is 1. The van der Waals surface area contributed by atoms with Crippen molar-refractivity contribution in [3.8, 4) is 0 Å². The van der Waals surface area contributed by atoms with E-state index < -0.39 is 0 Å². The molecular formula is C20H24N2O2S.